The third-order valence-electron chi connectivity index (χ3n) is 5.03. The second kappa shape index (κ2) is 7.02. The van der Waals surface area contributed by atoms with E-state index in [1.165, 1.54) is 25.9 Å². The van der Waals surface area contributed by atoms with Crippen LogP contribution >= 0.6 is 11.6 Å². The molecule has 0 spiro atoms. The summed E-state index contributed by atoms with van der Waals surface area (Å²) in [6, 6.07) is 10.9. The fourth-order valence-electron chi connectivity index (χ4n) is 3.61. The second-order valence-electron chi connectivity index (χ2n) is 6.66. The molecule has 4 heterocycles. The van der Waals surface area contributed by atoms with Crippen LogP contribution in [0.1, 0.15) is 23.2 Å². The van der Waals surface area contributed by atoms with Gasteiger partial charge in [0.2, 0.25) is 0 Å². The van der Waals surface area contributed by atoms with Gasteiger partial charge in [-0.2, -0.15) is 0 Å². The lowest BCUT2D eigenvalue weighted by molar-refractivity contribution is 0.0620. The summed E-state index contributed by atoms with van der Waals surface area (Å²) >= 11 is 5.76. The van der Waals surface area contributed by atoms with E-state index in [4.69, 9.17) is 16.3 Å². The standard InChI is InChI=1S/C19H20ClN3O2/c20-18-6-5-16(11-21-18)25-15-3-1-14(2-4-15)19(24)22-17-12-23-9-7-13(17)8-10-23/h1-6,11,13,17H,7-10,12H2,(H,22,24)/t17-/m0/s1. The van der Waals surface area contributed by atoms with Gasteiger partial charge in [-0.1, -0.05) is 11.6 Å². The third kappa shape index (κ3) is 3.78. The van der Waals surface area contributed by atoms with Crippen molar-refractivity contribution in [2.75, 3.05) is 19.6 Å². The lowest BCUT2D eigenvalue weighted by Crippen LogP contribution is -2.57. The molecule has 0 radical (unpaired) electrons. The van der Waals surface area contributed by atoms with E-state index in [9.17, 15) is 4.79 Å². The topological polar surface area (TPSA) is 54.5 Å². The summed E-state index contributed by atoms with van der Waals surface area (Å²) < 4.78 is 5.70. The zero-order chi connectivity index (χ0) is 17.2. The van der Waals surface area contributed by atoms with Crippen molar-refractivity contribution in [1.29, 1.82) is 0 Å². The highest BCUT2D eigenvalue weighted by Crippen LogP contribution is 2.28. The number of carbonyl (C=O) groups excluding carboxylic acids is 1. The zero-order valence-corrected chi connectivity index (χ0v) is 14.6. The van der Waals surface area contributed by atoms with Crippen LogP contribution in [0.2, 0.25) is 5.15 Å². The van der Waals surface area contributed by atoms with Crippen molar-refractivity contribution in [2.24, 2.45) is 5.92 Å². The molecule has 1 aromatic carbocycles. The number of halogens is 1. The van der Waals surface area contributed by atoms with E-state index in [1.807, 2.05) is 0 Å². The maximum atomic E-state index is 12.5. The number of nitrogens with zero attached hydrogens (tertiary/aromatic N) is 2. The summed E-state index contributed by atoms with van der Waals surface area (Å²) in [5.41, 5.74) is 0.651. The van der Waals surface area contributed by atoms with Crippen molar-refractivity contribution in [3.05, 3.63) is 53.3 Å². The van der Waals surface area contributed by atoms with Gasteiger partial charge in [0.15, 0.2) is 0 Å². The number of benzene rings is 1. The van der Waals surface area contributed by atoms with E-state index in [1.54, 1.807) is 42.6 Å². The molecule has 0 saturated carbocycles. The average Bonchev–Trinajstić information content (AvgIpc) is 2.65. The van der Waals surface area contributed by atoms with Gasteiger partial charge in [0.25, 0.3) is 5.91 Å². The maximum Gasteiger partial charge on any atom is 0.251 e. The van der Waals surface area contributed by atoms with Crippen LogP contribution in [0.5, 0.6) is 11.5 Å². The number of ether oxygens (including phenoxy) is 1. The Morgan fingerprint density at radius 2 is 1.84 bits per heavy atom. The number of carbonyl (C=O) groups is 1. The van der Waals surface area contributed by atoms with Gasteiger partial charge in [-0.3, -0.25) is 4.79 Å². The van der Waals surface area contributed by atoms with Gasteiger partial charge < -0.3 is 15.0 Å². The van der Waals surface area contributed by atoms with Crippen molar-refractivity contribution < 1.29 is 9.53 Å². The molecule has 0 aliphatic carbocycles. The van der Waals surface area contributed by atoms with Crippen LogP contribution < -0.4 is 10.1 Å². The number of aromatic nitrogens is 1. The molecule has 3 saturated heterocycles. The molecule has 5 nitrogen and oxygen atoms in total. The lowest BCUT2D eigenvalue weighted by atomic mass is 9.84. The Morgan fingerprint density at radius 3 is 2.44 bits per heavy atom. The Kier molecular flexibility index (Phi) is 4.59. The van der Waals surface area contributed by atoms with Gasteiger partial charge in [-0.15, -0.1) is 0 Å². The monoisotopic (exact) mass is 357 g/mol. The fraction of sp³-hybridized carbons (Fsp3) is 0.368. The summed E-state index contributed by atoms with van der Waals surface area (Å²) in [7, 11) is 0. The van der Waals surface area contributed by atoms with Crippen LogP contribution in [0.15, 0.2) is 42.6 Å². The van der Waals surface area contributed by atoms with Gasteiger partial charge in [0, 0.05) is 18.2 Å². The molecule has 1 aromatic heterocycles. The molecule has 25 heavy (non-hydrogen) atoms. The van der Waals surface area contributed by atoms with Crippen LogP contribution in [0.3, 0.4) is 0 Å². The highest BCUT2D eigenvalue weighted by molar-refractivity contribution is 6.29. The number of hydrogen-bond donors (Lipinski definition) is 1. The smallest absolute Gasteiger partial charge is 0.251 e. The number of rotatable bonds is 4. The average molecular weight is 358 g/mol. The Labute approximate surface area is 152 Å². The molecule has 6 heteroatoms. The molecule has 1 amide bonds. The summed E-state index contributed by atoms with van der Waals surface area (Å²) in [5, 5.41) is 3.62. The Bertz CT molecular complexity index is 740. The predicted octanol–water partition coefficient (Wildman–Crippen LogP) is 3.35. The molecule has 3 fully saturated rings. The highest BCUT2D eigenvalue weighted by atomic mass is 35.5. The first-order valence-corrected chi connectivity index (χ1v) is 8.98. The first kappa shape index (κ1) is 16.4. The molecule has 3 aliphatic rings. The number of piperidine rings is 3. The molecule has 5 rings (SSSR count). The molecular weight excluding hydrogens is 338 g/mol. The number of nitrogens with one attached hydrogen (secondary N) is 1. The molecule has 2 aromatic rings. The van der Waals surface area contributed by atoms with Gasteiger partial charge in [-0.05, 0) is 68.2 Å². The molecule has 0 unspecified atom stereocenters. The van der Waals surface area contributed by atoms with Crippen LogP contribution in [-0.4, -0.2) is 41.5 Å². The first-order chi connectivity index (χ1) is 12.2. The maximum absolute atomic E-state index is 12.5. The van der Waals surface area contributed by atoms with Crippen LogP contribution in [0.25, 0.3) is 0 Å². The molecular formula is C19H20ClN3O2. The number of pyridine rings is 1. The lowest BCUT2D eigenvalue weighted by Gasteiger charge is -2.44. The Hall–Kier alpha value is -2.11. The van der Waals surface area contributed by atoms with Crippen molar-refractivity contribution in [3.8, 4) is 11.5 Å². The molecule has 3 aliphatic heterocycles. The Balaban J connectivity index is 1.38. The zero-order valence-electron chi connectivity index (χ0n) is 13.8. The van der Waals surface area contributed by atoms with Crippen LogP contribution in [0, 0.1) is 5.92 Å². The number of hydrogen-bond acceptors (Lipinski definition) is 4. The van der Waals surface area contributed by atoms with Gasteiger partial charge in [0.1, 0.15) is 16.7 Å². The van der Waals surface area contributed by atoms with Gasteiger partial charge in [-0.25, -0.2) is 4.98 Å². The second-order valence-corrected chi connectivity index (χ2v) is 7.05. The quantitative estimate of drug-likeness (QED) is 0.852. The van der Waals surface area contributed by atoms with Crippen molar-refractivity contribution in [1.82, 2.24) is 15.2 Å². The summed E-state index contributed by atoms with van der Waals surface area (Å²) in [6.07, 6.45) is 3.94. The van der Waals surface area contributed by atoms with E-state index >= 15 is 0 Å². The predicted molar refractivity (Wildman–Crippen MR) is 96.2 cm³/mol. The normalized spacial score (nSPS) is 24.8. The van der Waals surface area contributed by atoms with E-state index in [-0.39, 0.29) is 11.9 Å². The van der Waals surface area contributed by atoms with Crippen molar-refractivity contribution in [3.63, 3.8) is 0 Å². The van der Waals surface area contributed by atoms with E-state index < -0.39 is 0 Å². The highest BCUT2D eigenvalue weighted by Gasteiger charge is 2.34. The fourth-order valence-corrected chi connectivity index (χ4v) is 3.73. The van der Waals surface area contributed by atoms with Crippen molar-refractivity contribution in [2.45, 2.75) is 18.9 Å². The van der Waals surface area contributed by atoms with Gasteiger partial charge >= 0.3 is 0 Å². The summed E-state index contributed by atoms with van der Waals surface area (Å²) in [6.45, 7) is 3.31. The minimum Gasteiger partial charge on any atom is -0.456 e. The third-order valence-corrected chi connectivity index (χ3v) is 5.25. The van der Waals surface area contributed by atoms with Crippen molar-refractivity contribution >= 4 is 17.5 Å². The largest absolute Gasteiger partial charge is 0.456 e. The minimum atomic E-state index is -0.0153. The molecule has 2 bridgehead atoms. The number of fused-ring (bicyclic) bond motifs is 3. The van der Waals surface area contributed by atoms with Crippen LogP contribution in [0.4, 0.5) is 0 Å². The van der Waals surface area contributed by atoms with E-state index in [0.717, 1.165) is 6.54 Å². The Morgan fingerprint density at radius 1 is 1.12 bits per heavy atom. The summed E-state index contributed by atoms with van der Waals surface area (Å²) in [5.74, 6) is 1.87. The van der Waals surface area contributed by atoms with Crippen LogP contribution in [-0.2, 0) is 0 Å². The number of amides is 1. The summed E-state index contributed by atoms with van der Waals surface area (Å²) in [4.78, 5) is 18.9. The SMILES string of the molecule is O=C(N[C@H]1CN2CCC1CC2)c1ccc(Oc2ccc(Cl)nc2)cc1. The molecule has 1 atom stereocenters. The van der Waals surface area contributed by atoms with E-state index in [0.29, 0.717) is 28.1 Å². The minimum absolute atomic E-state index is 0.0153. The molecule has 130 valence electrons. The first-order valence-electron chi connectivity index (χ1n) is 8.60. The van der Waals surface area contributed by atoms with Gasteiger partial charge in [0.05, 0.1) is 6.20 Å². The molecule has 1 N–H and O–H groups in total. The van der Waals surface area contributed by atoms with E-state index in [2.05, 4.69) is 15.2 Å².